The maximum atomic E-state index is 11.9. The molecule has 1 fully saturated rings. The molecule has 1 aliphatic rings. The third-order valence-corrected chi connectivity index (χ3v) is 3.64. The number of hydrogen-bond donors (Lipinski definition) is 3. The van der Waals surface area contributed by atoms with Crippen molar-refractivity contribution in [2.24, 2.45) is 5.92 Å². The summed E-state index contributed by atoms with van der Waals surface area (Å²) in [6.45, 7) is 7.05. The Bertz CT molecular complexity index is 301. The first-order valence-electron chi connectivity index (χ1n) is 7.05. The highest BCUT2D eigenvalue weighted by molar-refractivity contribution is 5.96. The molecule has 1 rings (SSSR count). The van der Waals surface area contributed by atoms with Gasteiger partial charge in [-0.1, -0.05) is 0 Å². The monoisotopic (exact) mass is 270 g/mol. The minimum Gasteiger partial charge on any atom is -0.338 e. The molecule has 0 spiro atoms. The van der Waals surface area contributed by atoms with Crippen LogP contribution in [0.5, 0.6) is 0 Å². The lowest BCUT2D eigenvalue weighted by Crippen LogP contribution is -2.51. The molecule has 1 heterocycles. The molecule has 0 saturated carbocycles. The lowest BCUT2D eigenvalue weighted by molar-refractivity contribution is -0.125. The van der Waals surface area contributed by atoms with Crippen molar-refractivity contribution >= 4 is 11.9 Å². The molecule has 0 bridgehead atoms. The molecule has 6 heteroatoms. The van der Waals surface area contributed by atoms with Crippen LogP contribution < -0.4 is 16.0 Å². The van der Waals surface area contributed by atoms with Gasteiger partial charge < -0.3 is 10.6 Å². The largest absolute Gasteiger partial charge is 0.338 e. The number of amides is 3. The van der Waals surface area contributed by atoms with E-state index in [9.17, 15) is 9.59 Å². The van der Waals surface area contributed by atoms with Gasteiger partial charge in [-0.05, 0) is 59.3 Å². The van der Waals surface area contributed by atoms with Crippen LogP contribution in [0, 0.1) is 5.92 Å². The average molecular weight is 270 g/mol. The maximum Gasteiger partial charge on any atom is 0.321 e. The minimum atomic E-state index is -0.413. The van der Waals surface area contributed by atoms with Crippen LogP contribution >= 0.6 is 0 Å². The zero-order valence-electron chi connectivity index (χ0n) is 12.2. The predicted molar refractivity (Wildman–Crippen MR) is 74.9 cm³/mol. The number of piperidine rings is 1. The van der Waals surface area contributed by atoms with Crippen LogP contribution in [0.15, 0.2) is 0 Å². The van der Waals surface area contributed by atoms with Gasteiger partial charge in [0.1, 0.15) is 0 Å². The molecule has 1 unspecified atom stereocenters. The highest BCUT2D eigenvalue weighted by Crippen LogP contribution is 2.18. The molecule has 0 radical (unpaired) electrons. The molecule has 1 atom stereocenters. The normalized spacial score (nSPS) is 18.9. The quantitative estimate of drug-likeness (QED) is 0.665. The predicted octanol–water partition coefficient (Wildman–Crippen LogP) is 0.152. The van der Waals surface area contributed by atoms with E-state index < -0.39 is 6.03 Å². The maximum absolute atomic E-state index is 11.9. The van der Waals surface area contributed by atoms with Crippen LogP contribution in [0.2, 0.25) is 0 Å². The Hall–Kier alpha value is -1.14. The number of imide groups is 1. The Labute approximate surface area is 115 Å². The van der Waals surface area contributed by atoms with Crippen LogP contribution in [-0.2, 0) is 4.79 Å². The van der Waals surface area contributed by atoms with E-state index in [4.69, 9.17) is 0 Å². The number of carbonyl (C=O) groups excluding carboxylic acids is 2. The van der Waals surface area contributed by atoms with Crippen LogP contribution in [0.3, 0.4) is 0 Å². The third kappa shape index (κ3) is 5.16. The summed E-state index contributed by atoms with van der Waals surface area (Å²) in [6.07, 6.45) is 2.19. The van der Waals surface area contributed by atoms with Crippen molar-refractivity contribution < 1.29 is 9.59 Å². The number of nitrogens with zero attached hydrogens (tertiary/aromatic N) is 1. The van der Waals surface area contributed by atoms with Gasteiger partial charge in [-0.15, -0.1) is 0 Å². The zero-order chi connectivity index (χ0) is 14.3. The lowest BCUT2D eigenvalue weighted by Gasteiger charge is -2.35. The van der Waals surface area contributed by atoms with E-state index in [1.807, 2.05) is 20.9 Å². The highest BCUT2D eigenvalue weighted by atomic mass is 16.2. The summed E-state index contributed by atoms with van der Waals surface area (Å²) < 4.78 is 0. The summed E-state index contributed by atoms with van der Waals surface area (Å²) in [7, 11) is 1.97. The molecule has 3 amide bonds. The third-order valence-electron chi connectivity index (χ3n) is 3.64. The number of nitrogens with one attached hydrogen (secondary N) is 3. The Morgan fingerprint density at radius 3 is 2.47 bits per heavy atom. The van der Waals surface area contributed by atoms with E-state index in [0.29, 0.717) is 12.5 Å². The van der Waals surface area contributed by atoms with Gasteiger partial charge in [0.05, 0.1) is 6.04 Å². The number of hydrogen-bond acceptors (Lipinski definition) is 4. The zero-order valence-corrected chi connectivity index (χ0v) is 12.2. The Morgan fingerprint density at radius 2 is 1.95 bits per heavy atom. The summed E-state index contributed by atoms with van der Waals surface area (Å²) in [5, 5.41) is 8.13. The van der Waals surface area contributed by atoms with Crippen LogP contribution in [0.4, 0.5) is 4.79 Å². The Balaban J connectivity index is 2.35. The second-order valence-electron chi connectivity index (χ2n) is 5.06. The van der Waals surface area contributed by atoms with Crippen molar-refractivity contribution in [3.63, 3.8) is 0 Å². The number of urea groups is 1. The van der Waals surface area contributed by atoms with Gasteiger partial charge in [0, 0.05) is 6.54 Å². The van der Waals surface area contributed by atoms with Crippen LogP contribution in [0.25, 0.3) is 0 Å². The summed E-state index contributed by atoms with van der Waals surface area (Å²) in [5.41, 5.74) is 0. The molecule has 0 aromatic carbocycles. The van der Waals surface area contributed by atoms with Crippen molar-refractivity contribution in [1.82, 2.24) is 20.9 Å². The van der Waals surface area contributed by atoms with Crippen molar-refractivity contribution in [3.05, 3.63) is 0 Å². The smallest absolute Gasteiger partial charge is 0.321 e. The molecule has 0 aromatic rings. The van der Waals surface area contributed by atoms with Crippen molar-refractivity contribution in [3.8, 4) is 0 Å². The van der Waals surface area contributed by atoms with E-state index in [-0.39, 0.29) is 11.9 Å². The SMILES string of the molecule is CCNC(=O)NC(=O)C(C)N1CCC(CNC)CC1. The second kappa shape index (κ2) is 8.12. The summed E-state index contributed by atoms with van der Waals surface area (Å²) in [4.78, 5) is 25.4. The van der Waals surface area contributed by atoms with E-state index in [1.54, 1.807) is 0 Å². The minimum absolute atomic E-state index is 0.224. The van der Waals surface area contributed by atoms with Crippen LogP contribution in [0.1, 0.15) is 26.7 Å². The average Bonchev–Trinajstić information content (AvgIpc) is 2.39. The van der Waals surface area contributed by atoms with Gasteiger partial charge in [-0.2, -0.15) is 0 Å². The van der Waals surface area contributed by atoms with Gasteiger partial charge in [0.2, 0.25) is 5.91 Å². The fourth-order valence-electron chi connectivity index (χ4n) is 2.42. The Kier molecular flexibility index (Phi) is 6.80. The fraction of sp³-hybridized carbons (Fsp3) is 0.846. The molecule has 1 saturated heterocycles. The second-order valence-corrected chi connectivity index (χ2v) is 5.06. The number of likely N-dealkylation sites (tertiary alicyclic amines) is 1. The van der Waals surface area contributed by atoms with Crippen LogP contribution in [-0.4, -0.2) is 56.1 Å². The molecule has 6 nitrogen and oxygen atoms in total. The number of rotatable bonds is 5. The van der Waals surface area contributed by atoms with Gasteiger partial charge in [0.25, 0.3) is 0 Å². The van der Waals surface area contributed by atoms with E-state index in [2.05, 4.69) is 20.9 Å². The topological polar surface area (TPSA) is 73.5 Å². The number of carbonyl (C=O) groups is 2. The van der Waals surface area contributed by atoms with E-state index in [1.165, 1.54) is 0 Å². The molecule has 0 aliphatic carbocycles. The first-order valence-corrected chi connectivity index (χ1v) is 7.05. The molecule has 1 aliphatic heterocycles. The van der Waals surface area contributed by atoms with Crippen molar-refractivity contribution in [2.75, 3.05) is 33.2 Å². The standard InChI is InChI=1S/C13H26N4O2/c1-4-15-13(19)16-12(18)10(2)17-7-5-11(6-8-17)9-14-3/h10-11,14H,4-9H2,1-3H3,(H2,15,16,18,19). The van der Waals surface area contributed by atoms with Crippen molar-refractivity contribution in [1.29, 1.82) is 0 Å². The van der Waals surface area contributed by atoms with Crippen molar-refractivity contribution in [2.45, 2.75) is 32.7 Å². The summed E-state index contributed by atoms with van der Waals surface area (Å²) >= 11 is 0. The summed E-state index contributed by atoms with van der Waals surface area (Å²) in [5.74, 6) is 0.470. The van der Waals surface area contributed by atoms with E-state index >= 15 is 0 Å². The Morgan fingerprint density at radius 1 is 1.32 bits per heavy atom. The summed E-state index contributed by atoms with van der Waals surface area (Å²) in [6, 6.07) is -0.664. The fourth-order valence-corrected chi connectivity index (χ4v) is 2.42. The van der Waals surface area contributed by atoms with Gasteiger partial charge in [-0.25, -0.2) is 4.79 Å². The highest BCUT2D eigenvalue weighted by Gasteiger charge is 2.26. The van der Waals surface area contributed by atoms with Gasteiger partial charge in [-0.3, -0.25) is 15.0 Å². The van der Waals surface area contributed by atoms with E-state index in [0.717, 1.165) is 32.5 Å². The first-order chi connectivity index (χ1) is 9.08. The molecule has 110 valence electrons. The lowest BCUT2D eigenvalue weighted by atomic mass is 9.96. The van der Waals surface area contributed by atoms with Gasteiger partial charge >= 0.3 is 6.03 Å². The van der Waals surface area contributed by atoms with Gasteiger partial charge in [0.15, 0.2) is 0 Å². The molecule has 0 aromatic heterocycles. The first kappa shape index (κ1) is 15.9. The molecule has 19 heavy (non-hydrogen) atoms. The molecular weight excluding hydrogens is 244 g/mol. The molecular formula is C13H26N4O2. The molecule has 3 N–H and O–H groups in total.